The minimum absolute atomic E-state index is 0.673. The van der Waals surface area contributed by atoms with Crippen molar-refractivity contribution < 1.29 is 0 Å². The van der Waals surface area contributed by atoms with Gasteiger partial charge in [0.25, 0.3) is 0 Å². The van der Waals surface area contributed by atoms with Gasteiger partial charge in [-0.3, -0.25) is 0 Å². The van der Waals surface area contributed by atoms with Crippen molar-refractivity contribution in [3.05, 3.63) is 45.3 Å². The van der Waals surface area contributed by atoms with Gasteiger partial charge < -0.3 is 0 Å². The SMILES string of the molecule is CC.Cc1ccc(-c2ccc(Cl)cc2Cl)s1. The van der Waals surface area contributed by atoms with Crippen molar-refractivity contribution >= 4 is 34.5 Å². The summed E-state index contributed by atoms with van der Waals surface area (Å²) in [6, 6.07) is 9.75. The summed E-state index contributed by atoms with van der Waals surface area (Å²) in [4.78, 5) is 2.47. The molecule has 0 nitrogen and oxygen atoms in total. The van der Waals surface area contributed by atoms with Gasteiger partial charge in [0.1, 0.15) is 0 Å². The van der Waals surface area contributed by atoms with Gasteiger partial charge in [-0.15, -0.1) is 11.3 Å². The molecular formula is C13H14Cl2S. The molecule has 0 atom stereocenters. The molecule has 0 spiro atoms. The first-order chi connectivity index (χ1) is 7.66. The molecule has 0 saturated heterocycles. The second-order valence-electron chi connectivity index (χ2n) is 3.03. The van der Waals surface area contributed by atoms with Gasteiger partial charge in [0, 0.05) is 20.3 Å². The fourth-order valence-corrected chi connectivity index (χ4v) is 2.74. The first kappa shape index (κ1) is 13.6. The molecule has 1 heterocycles. The Morgan fingerprint density at radius 3 is 2.19 bits per heavy atom. The van der Waals surface area contributed by atoms with Crippen LogP contribution in [0.3, 0.4) is 0 Å². The second kappa shape index (κ2) is 6.29. The molecule has 2 rings (SSSR count). The fourth-order valence-electron chi connectivity index (χ4n) is 1.27. The Bertz CT molecular complexity index is 461. The molecular weight excluding hydrogens is 259 g/mol. The van der Waals surface area contributed by atoms with Crippen LogP contribution < -0.4 is 0 Å². The van der Waals surface area contributed by atoms with E-state index in [0.717, 1.165) is 5.56 Å². The number of hydrogen-bond acceptors (Lipinski definition) is 1. The van der Waals surface area contributed by atoms with Crippen LogP contribution in [0.4, 0.5) is 0 Å². The first-order valence-corrected chi connectivity index (χ1v) is 6.76. The molecule has 0 fully saturated rings. The molecule has 0 bridgehead atoms. The largest absolute Gasteiger partial charge is 0.141 e. The van der Waals surface area contributed by atoms with E-state index in [9.17, 15) is 0 Å². The summed E-state index contributed by atoms with van der Waals surface area (Å²) in [7, 11) is 0. The third kappa shape index (κ3) is 3.24. The minimum Gasteiger partial charge on any atom is -0.141 e. The van der Waals surface area contributed by atoms with Crippen molar-refractivity contribution in [1.82, 2.24) is 0 Å². The third-order valence-electron chi connectivity index (χ3n) is 1.94. The first-order valence-electron chi connectivity index (χ1n) is 5.18. The van der Waals surface area contributed by atoms with Crippen LogP contribution in [-0.4, -0.2) is 0 Å². The van der Waals surface area contributed by atoms with E-state index in [1.54, 1.807) is 17.4 Å². The van der Waals surface area contributed by atoms with E-state index in [4.69, 9.17) is 23.2 Å². The van der Waals surface area contributed by atoms with Crippen LogP contribution in [0.1, 0.15) is 18.7 Å². The van der Waals surface area contributed by atoms with E-state index >= 15 is 0 Å². The van der Waals surface area contributed by atoms with Gasteiger partial charge >= 0.3 is 0 Å². The summed E-state index contributed by atoms with van der Waals surface area (Å²) >= 11 is 13.7. The molecule has 0 aliphatic heterocycles. The van der Waals surface area contributed by atoms with Gasteiger partial charge in [-0.2, -0.15) is 0 Å². The molecule has 0 saturated carbocycles. The zero-order valence-corrected chi connectivity index (χ0v) is 11.9. The Labute approximate surface area is 111 Å². The van der Waals surface area contributed by atoms with Crippen molar-refractivity contribution in [2.75, 3.05) is 0 Å². The number of hydrogen-bond donors (Lipinski definition) is 0. The summed E-state index contributed by atoms with van der Waals surface area (Å²) in [5, 5.41) is 1.38. The Balaban J connectivity index is 0.000000606. The monoisotopic (exact) mass is 272 g/mol. The highest BCUT2D eigenvalue weighted by Gasteiger charge is 2.05. The van der Waals surface area contributed by atoms with Crippen molar-refractivity contribution in [2.24, 2.45) is 0 Å². The maximum Gasteiger partial charge on any atom is 0.0507 e. The topological polar surface area (TPSA) is 0 Å². The van der Waals surface area contributed by atoms with Gasteiger partial charge in [0.05, 0.1) is 5.02 Å². The van der Waals surface area contributed by atoms with Gasteiger partial charge in [-0.05, 0) is 31.2 Å². The molecule has 0 aliphatic carbocycles. The van der Waals surface area contributed by atoms with E-state index < -0.39 is 0 Å². The van der Waals surface area contributed by atoms with Crippen molar-refractivity contribution in [3.63, 3.8) is 0 Å². The summed E-state index contributed by atoms with van der Waals surface area (Å²) in [5.74, 6) is 0. The Morgan fingerprint density at radius 1 is 1.00 bits per heavy atom. The van der Waals surface area contributed by atoms with Gasteiger partial charge in [0.15, 0.2) is 0 Å². The van der Waals surface area contributed by atoms with Gasteiger partial charge in [0.2, 0.25) is 0 Å². The quantitative estimate of drug-likeness (QED) is 0.592. The lowest BCUT2D eigenvalue weighted by atomic mass is 10.2. The van der Waals surface area contributed by atoms with Crippen molar-refractivity contribution in [2.45, 2.75) is 20.8 Å². The fraction of sp³-hybridized carbons (Fsp3) is 0.231. The number of rotatable bonds is 1. The average Bonchev–Trinajstić information content (AvgIpc) is 2.68. The Kier molecular flexibility index (Phi) is 5.33. The van der Waals surface area contributed by atoms with E-state index in [-0.39, 0.29) is 0 Å². The molecule has 1 aromatic heterocycles. The normalized spacial score (nSPS) is 9.56. The lowest BCUT2D eigenvalue weighted by Gasteiger charge is -2.00. The van der Waals surface area contributed by atoms with Crippen LogP contribution in [0.25, 0.3) is 10.4 Å². The molecule has 0 N–H and O–H groups in total. The molecule has 86 valence electrons. The van der Waals surface area contributed by atoms with Gasteiger partial charge in [-0.25, -0.2) is 0 Å². The smallest absolute Gasteiger partial charge is 0.0507 e. The van der Waals surface area contributed by atoms with Crippen molar-refractivity contribution in [1.29, 1.82) is 0 Å². The molecule has 2 aromatic rings. The van der Waals surface area contributed by atoms with E-state index in [0.29, 0.717) is 10.0 Å². The summed E-state index contributed by atoms with van der Waals surface area (Å²) < 4.78 is 0. The highest BCUT2D eigenvalue weighted by Crippen LogP contribution is 2.34. The number of benzene rings is 1. The predicted molar refractivity (Wildman–Crippen MR) is 75.9 cm³/mol. The zero-order valence-electron chi connectivity index (χ0n) is 9.55. The zero-order chi connectivity index (χ0) is 12.1. The molecule has 3 heteroatoms. The predicted octanol–water partition coefficient (Wildman–Crippen LogP) is 6.06. The van der Waals surface area contributed by atoms with Crippen LogP contribution in [-0.2, 0) is 0 Å². The lowest BCUT2D eigenvalue weighted by Crippen LogP contribution is -1.74. The lowest BCUT2D eigenvalue weighted by molar-refractivity contribution is 1.50. The third-order valence-corrected chi connectivity index (χ3v) is 3.52. The van der Waals surface area contributed by atoms with Gasteiger partial charge in [-0.1, -0.05) is 43.1 Å². The van der Waals surface area contributed by atoms with Crippen molar-refractivity contribution in [3.8, 4) is 10.4 Å². The summed E-state index contributed by atoms with van der Waals surface area (Å²) in [5.41, 5.74) is 1.05. The van der Waals surface area contributed by atoms with Crippen LogP contribution in [0.15, 0.2) is 30.3 Å². The minimum atomic E-state index is 0.673. The van der Waals surface area contributed by atoms with Crippen LogP contribution in [0, 0.1) is 6.92 Å². The molecule has 0 amide bonds. The highest BCUT2D eigenvalue weighted by atomic mass is 35.5. The van der Waals surface area contributed by atoms with E-state index in [1.165, 1.54) is 9.75 Å². The summed E-state index contributed by atoms with van der Waals surface area (Å²) in [6.45, 7) is 6.08. The molecule has 0 radical (unpaired) electrons. The molecule has 0 unspecified atom stereocenters. The van der Waals surface area contributed by atoms with Crippen LogP contribution in [0.2, 0.25) is 10.0 Å². The average molecular weight is 273 g/mol. The van der Waals surface area contributed by atoms with Crippen LogP contribution in [0.5, 0.6) is 0 Å². The standard InChI is InChI=1S/C11H8Cl2S.C2H6/c1-7-2-5-11(14-7)9-4-3-8(12)6-10(9)13;1-2/h2-6H,1H3;1-2H3. The summed E-state index contributed by atoms with van der Waals surface area (Å²) in [6.07, 6.45) is 0. The number of aryl methyl sites for hydroxylation is 1. The Hall–Kier alpha value is -0.500. The maximum atomic E-state index is 6.10. The Morgan fingerprint density at radius 2 is 1.69 bits per heavy atom. The van der Waals surface area contributed by atoms with Crippen LogP contribution >= 0.6 is 34.5 Å². The van der Waals surface area contributed by atoms with E-state index in [2.05, 4.69) is 19.1 Å². The maximum absolute atomic E-state index is 6.10. The number of thiophene rings is 1. The second-order valence-corrected chi connectivity index (χ2v) is 5.17. The molecule has 16 heavy (non-hydrogen) atoms. The molecule has 0 aliphatic rings. The number of halogens is 2. The highest BCUT2D eigenvalue weighted by molar-refractivity contribution is 7.15. The van der Waals surface area contributed by atoms with E-state index in [1.807, 2.05) is 26.0 Å². The molecule has 1 aromatic carbocycles.